The summed E-state index contributed by atoms with van der Waals surface area (Å²) in [5.41, 5.74) is 18.0. The van der Waals surface area contributed by atoms with Gasteiger partial charge in [0.15, 0.2) is 0 Å². The molecule has 0 bridgehead atoms. The minimum atomic E-state index is 0.168. The molecule has 1 unspecified atom stereocenters. The van der Waals surface area contributed by atoms with Crippen molar-refractivity contribution in [2.24, 2.45) is 0 Å². The standard InChI is InChI=1S/C54H44N2/c1-6-17-39(18-7-1)44-27-16-28-49(34-44)55-54-38-46(29-31-51(54)42-23-12-4-13-24-42)45-30-32-53(52(37-45)43-25-14-5-15-26-43)56-50-35-47(40-19-8-2-9-20-40)33-48(36-50)41-21-10-3-11-22-41/h1-14,16-25,27-33,35-38,49,55-56H,15,26,34H2. The second-order valence-corrected chi connectivity index (χ2v) is 14.6. The second kappa shape index (κ2) is 16.2. The third kappa shape index (κ3) is 7.83. The van der Waals surface area contributed by atoms with Crippen LogP contribution in [0.3, 0.4) is 0 Å². The molecule has 0 radical (unpaired) electrons. The van der Waals surface area contributed by atoms with Crippen LogP contribution in [-0.4, -0.2) is 6.04 Å². The van der Waals surface area contributed by atoms with Gasteiger partial charge in [0.05, 0.1) is 0 Å². The number of benzene rings is 7. The lowest BCUT2D eigenvalue weighted by Gasteiger charge is -2.24. The molecule has 9 rings (SSSR count). The molecule has 0 saturated heterocycles. The molecule has 0 saturated carbocycles. The fourth-order valence-corrected chi connectivity index (χ4v) is 7.93. The van der Waals surface area contributed by atoms with Crippen LogP contribution in [0.25, 0.3) is 55.7 Å². The number of rotatable bonds is 10. The van der Waals surface area contributed by atoms with Crippen molar-refractivity contribution in [3.63, 3.8) is 0 Å². The van der Waals surface area contributed by atoms with E-state index in [-0.39, 0.29) is 6.04 Å². The van der Waals surface area contributed by atoms with Crippen molar-refractivity contribution >= 4 is 28.2 Å². The van der Waals surface area contributed by atoms with E-state index in [0.29, 0.717) is 0 Å². The molecule has 2 nitrogen and oxygen atoms in total. The summed E-state index contributed by atoms with van der Waals surface area (Å²) in [6.07, 6.45) is 16.4. The van der Waals surface area contributed by atoms with Crippen LogP contribution >= 0.6 is 0 Å². The number of nitrogens with one attached hydrogen (secondary N) is 2. The van der Waals surface area contributed by atoms with E-state index >= 15 is 0 Å². The van der Waals surface area contributed by atoms with Gasteiger partial charge in [-0.05, 0) is 111 Å². The highest BCUT2D eigenvalue weighted by Gasteiger charge is 2.18. The van der Waals surface area contributed by atoms with Gasteiger partial charge in [0.1, 0.15) is 0 Å². The minimum absolute atomic E-state index is 0.168. The van der Waals surface area contributed by atoms with E-state index in [1.807, 2.05) is 0 Å². The third-order valence-electron chi connectivity index (χ3n) is 10.8. The van der Waals surface area contributed by atoms with E-state index in [9.17, 15) is 0 Å². The van der Waals surface area contributed by atoms with Crippen LogP contribution in [-0.2, 0) is 0 Å². The molecule has 0 spiro atoms. The predicted molar refractivity (Wildman–Crippen MR) is 240 cm³/mol. The summed E-state index contributed by atoms with van der Waals surface area (Å²) in [6.45, 7) is 0. The number of hydrogen-bond donors (Lipinski definition) is 2. The summed E-state index contributed by atoms with van der Waals surface area (Å²) in [7, 11) is 0. The van der Waals surface area contributed by atoms with Gasteiger partial charge in [0.25, 0.3) is 0 Å². The number of allylic oxidation sites excluding steroid dienone is 6. The number of hydrogen-bond acceptors (Lipinski definition) is 2. The molecule has 0 amide bonds. The highest BCUT2D eigenvalue weighted by molar-refractivity contribution is 5.89. The van der Waals surface area contributed by atoms with Crippen molar-refractivity contribution in [2.75, 3.05) is 10.6 Å². The Morgan fingerprint density at radius 3 is 1.64 bits per heavy atom. The molecule has 56 heavy (non-hydrogen) atoms. The van der Waals surface area contributed by atoms with Crippen LogP contribution in [0, 0.1) is 0 Å². The van der Waals surface area contributed by atoms with Gasteiger partial charge in [-0.15, -0.1) is 0 Å². The fraction of sp³-hybridized carbons (Fsp3) is 0.0741. The average molecular weight is 721 g/mol. The second-order valence-electron chi connectivity index (χ2n) is 14.6. The molecule has 2 N–H and O–H groups in total. The van der Waals surface area contributed by atoms with Gasteiger partial charge in [-0.2, -0.15) is 0 Å². The van der Waals surface area contributed by atoms with Crippen LogP contribution in [0.2, 0.25) is 0 Å². The van der Waals surface area contributed by atoms with Crippen molar-refractivity contribution in [3.05, 3.63) is 224 Å². The van der Waals surface area contributed by atoms with Crippen molar-refractivity contribution in [3.8, 4) is 44.5 Å². The van der Waals surface area contributed by atoms with E-state index in [4.69, 9.17) is 0 Å². The summed E-state index contributed by atoms with van der Waals surface area (Å²) < 4.78 is 0. The normalized spacial score (nSPS) is 14.8. The quantitative estimate of drug-likeness (QED) is 0.147. The molecular weight excluding hydrogens is 677 g/mol. The molecule has 7 aromatic carbocycles. The lowest BCUT2D eigenvalue weighted by Crippen LogP contribution is -2.19. The fourth-order valence-electron chi connectivity index (χ4n) is 7.93. The predicted octanol–water partition coefficient (Wildman–Crippen LogP) is 14.7. The largest absolute Gasteiger partial charge is 0.378 e. The Morgan fingerprint density at radius 2 is 1.00 bits per heavy atom. The Labute approximate surface area is 330 Å². The maximum absolute atomic E-state index is 3.96. The molecule has 7 aromatic rings. The maximum atomic E-state index is 3.96. The van der Waals surface area contributed by atoms with Crippen LogP contribution in [0.15, 0.2) is 212 Å². The van der Waals surface area contributed by atoms with Gasteiger partial charge in [-0.3, -0.25) is 0 Å². The first-order valence-electron chi connectivity index (χ1n) is 19.7. The Balaban J connectivity index is 1.09. The zero-order valence-corrected chi connectivity index (χ0v) is 31.4. The first-order chi connectivity index (χ1) is 27.7. The summed E-state index contributed by atoms with van der Waals surface area (Å²) in [5.74, 6) is 0. The molecule has 2 aliphatic rings. The average Bonchev–Trinajstić information content (AvgIpc) is 3.28. The Kier molecular flexibility index (Phi) is 10.1. The monoisotopic (exact) mass is 720 g/mol. The van der Waals surface area contributed by atoms with Gasteiger partial charge in [-0.1, -0.05) is 176 Å². The number of anilines is 3. The lowest BCUT2D eigenvalue weighted by molar-refractivity contribution is 0.897. The van der Waals surface area contributed by atoms with Crippen molar-refractivity contribution < 1.29 is 0 Å². The van der Waals surface area contributed by atoms with Gasteiger partial charge >= 0.3 is 0 Å². The van der Waals surface area contributed by atoms with Gasteiger partial charge in [0.2, 0.25) is 0 Å². The summed E-state index contributed by atoms with van der Waals surface area (Å²) in [5, 5.41) is 7.85. The van der Waals surface area contributed by atoms with E-state index in [0.717, 1.165) is 36.3 Å². The van der Waals surface area contributed by atoms with Crippen LogP contribution < -0.4 is 10.6 Å². The van der Waals surface area contributed by atoms with Crippen molar-refractivity contribution in [2.45, 2.75) is 25.3 Å². The van der Waals surface area contributed by atoms with E-state index < -0.39 is 0 Å². The Morgan fingerprint density at radius 1 is 0.411 bits per heavy atom. The first-order valence-corrected chi connectivity index (χ1v) is 19.7. The molecule has 2 heteroatoms. The first kappa shape index (κ1) is 34.8. The molecule has 0 aromatic heterocycles. The maximum Gasteiger partial charge on any atom is 0.0488 e. The van der Waals surface area contributed by atoms with Crippen molar-refractivity contribution in [1.29, 1.82) is 0 Å². The van der Waals surface area contributed by atoms with Gasteiger partial charge in [0, 0.05) is 34.2 Å². The van der Waals surface area contributed by atoms with Gasteiger partial charge in [-0.25, -0.2) is 0 Å². The smallest absolute Gasteiger partial charge is 0.0488 e. The van der Waals surface area contributed by atoms with Crippen LogP contribution in [0.1, 0.15) is 30.4 Å². The molecule has 0 heterocycles. The van der Waals surface area contributed by atoms with E-state index in [1.165, 1.54) is 66.8 Å². The van der Waals surface area contributed by atoms with Crippen LogP contribution in [0.5, 0.6) is 0 Å². The zero-order chi connectivity index (χ0) is 37.5. The lowest BCUT2D eigenvalue weighted by atomic mass is 9.91. The summed E-state index contributed by atoms with van der Waals surface area (Å²) in [4.78, 5) is 0. The Bertz CT molecular complexity index is 2520. The summed E-state index contributed by atoms with van der Waals surface area (Å²) in [6, 6.07) is 63.5. The minimum Gasteiger partial charge on any atom is -0.378 e. The Hall–Kier alpha value is -6.90. The molecule has 1 atom stereocenters. The summed E-state index contributed by atoms with van der Waals surface area (Å²) >= 11 is 0. The topological polar surface area (TPSA) is 24.1 Å². The van der Waals surface area contributed by atoms with E-state index in [1.54, 1.807) is 0 Å². The highest BCUT2D eigenvalue weighted by atomic mass is 14.9. The van der Waals surface area contributed by atoms with E-state index in [2.05, 4.69) is 223 Å². The van der Waals surface area contributed by atoms with Gasteiger partial charge < -0.3 is 10.6 Å². The van der Waals surface area contributed by atoms with Crippen LogP contribution in [0.4, 0.5) is 17.1 Å². The molecule has 2 aliphatic carbocycles. The molecule has 270 valence electrons. The van der Waals surface area contributed by atoms with Crippen molar-refractivity contribution in [1.82, 2.24) is 0 Å². The zero-order valence-electron chi connectivity index (χ0n) is 31.4. The molecule has 0 fully saturated rings. The highest BCUT2D eigenvalue weighted by Crippen LogP contribution is 2.40. The third-order valence-corrected chi connectivity index (χ3v) is 10.8. The molecular formula is C54H44N2. The SMILES string of the molecule is C1=CCCC(c2cc(-c3ccc(-c4ccccc4)c(NC4C=CC=C(c5ccccc5)C4)c3)ccc2Nc2cc(-c3ccccc3)cc(-c3ccccc3)c2)=C1. The molecule has 0 aliphatic heterocycles.